The number of ether oxygens (including phenoxy) is 2. The Bertz CT molecular complexity index is 1120. The quantitative estimate of drug-likeness (QED) is 0.446. The molecular weight excluding hydrogens is 415 g/mol. The van der Waals surface area contributed by atoms with E-state index in [1.807, 2.05) is 33.8 Å². The number of rotatable bonds is 6. The van der Waals surface area contributed by atoms with E-state index < -0.39 is 17.9 Å². The van der Waals surface area contributed by atoms with E-state index in [9.17, 15) is 9.18 Å². The summed E-state index contributed by atoms with van der Waals surface area (Å²) in [6, 6.07) is 9.04. The fraction of sp³-hybridized carbons (Fsp3) is 0.318. The Balaban J connectivity index is 1.30. The van der Waals surface area contributed by atoms with Gasteiger partial charge in [-0.2, -0.15) is 0 Å². The van der Waals surface area contributed by atoms with Gasteiger partial charge in [0.25, 0.3) is 0 Å². The number of benzene rings is 1. The van der Waals surface area contributed by atoms with Crippen molar-refractivity contribution in [1.82, 2.24) is 9.38 Å². The highest BCUT2D eigenvalue weighted by molar-refractivity contribution is 5.87. The summed E-state index contributed by atoms with van der Waals surface area (Å²) in [5, 5.41) is 0. The molecule has 4 N–H and O–H groups in total. The van der Waals surface area contributed by atoms with Gasteiger partial charge in [-0.1, -0.05) is 12.1 Å². The maximum absolute atomic E-state index is 15.0. The van der Waals surface area contributed by atoms with E-state index in [1.165, 1.54) is 0 Å². The highest BCUT2D eigenvalue weighted by atomic mass is 19.1. The summed E-state index contributed by atoms with van der Waals surface area (Å²) in [7, 11) is 0. The van der Waals surface area contributed by atoms with Crippen LogP contribution in [0.5, 0.6) is 0 Å². The van der Waals surface area contributed by atoms with Gasteiger partial charge in [0.15, 0.2) is 11.8 Å². The zero-order valence-corrected chi connectivity index (χ0v) is 17.5. The molecule has 168 valence electrons. The predicted molar refractivity (Wildman–Crippen MR) is 118 cm³/mol. The second-order valence-electron chi connectivity index (χ2n) is 7.57. The number of fused-ring (bicyclic) bond motifs is 1. The number of aromatic nitrogens is 2. The van der Waals surface area contributed by atoms with E-state index in [0.29, 0.717) is 25.4 Å². The molecule has 0 spiro atoms. The normalized spacial score (nSPS) is 14.5. The number of halogens is 1. The number of carbonyl (C=O) groups excluding carboxylic acids is 1. The fourth-order valence-electron chi connectivity index (χ4n) is 3.72. The molecule has 3 heterocycles. The monoisotopic (exact) mass is 440 g/mol. The molecule has 3 aromatic rings. The molecule has 0 atom stereocenters. The summed E-state index contributed by atoms with van der Waals surface area (Å²) in [6.45, 7) is 1.59. The van der Waals surface area contributed by atoms with Gasteiger partial charge in [0.05, 0.1) is 18.4 Å². The third-order valence-electron chi connectivity index (χ3n) is 5.36. The first-order valence-electron chi connectivity index (χ1n) is 10.3. The van der Waals surface area contributed by atoms with Gasteiger partial charge in [-0.05, 0) is 36.6 Å². The van der Waals surface area contributed by atoms with Gasteiger partial charge in [0.1, 0.15) is 12.3 Å². The number of imidazole rings is 1. The highest BCUT2D eigenvalue weighted by Crippen LogP contribution is 2.27. The summed E-state index contributed by atoms with van der Waals surface area (Å²) in [4.78, 5) is 21.0. The number of aliphatic imine (C=N–C) groups is 1. The van der Waals surface area contributed by atoms with Crippen LogP contribution in [0.1, 0.15) is 24.0 Å². The number of nitrogens with two attached hydrogens (primary N) is 2. The SMILES string of the molecule is NC(N)=NC(=O)OCc1cccc(N2CCC(OCc3ccn4ccnc4c3)CC2)c1F. The van der Waals surface area contributed by atoms with Gasteiger partial charge >= 0.3 is 6.09 Å². The largest absolute Gasteiger partial charge is 0.443 e. The Morgan fingerprint density at radius 1 is 1.19 bits per heavy atom. The van der Waals surface area contributed by atoms with Crippen LogP contribution in [0, 0.1) is 5.82 Å². The maximum Gasteiger partial charge on any atom is 0.437 e. The van der Waals surface area contributed by atoms with E-state index in [4.69, 9.17) is 20.9 Å². The van der Waals surface area contributed by atoms with Gasteiger partial charge in [0, 0.05) is 37.2 Å². The summed E-state index contributed by atoms with van der Waals surface area (Å²) in [5.74, 6) is -0.825. The number of piperidine rings is 1. The Morgan fingerprint density at radius 3 is 2.78 bits per heavy atom. The molecule has 1 fully saturated rings. The van der Waals surface area contributed by atoms with Gasteiger partial charge < -0.3 is 30.2 Å². The molecule has 9 nitrogen and oxygen atoms in total. The van der Waals surface area contributed by atoms with E-state index in [2.05, 4.69) is 9.98 Å². The lowest BCUT2D eigenvalue weighted by atomic mass is 10.1. The Morgan fingerprint density at radius 2 is 2.00 bits per heavy atom. The van der Waals surface area contributed by atoms with Crippen molar-refractivity contribution in [2.24, 2.45) is 16.5 Å². The zero-order chi connectivity index (χ0) is 22.5. The molecule has 1 aliphatic heterocycles. The Labute approximate surface area is 184 Å². The van der Waals surface area contributed by atoms with Crippen LogP contribution in [-0.4, -0.2) is 40.6 Å². The van der Waals surface area contributed by atoms with Gasteiger partial charge in [-0.25, -0.2) is 14.2 Å². The van der Waals surface area contributed by atoms with Crippen molar-refractivity contribution in [3.8, 4) is 0 Å². The van der Waals surface area contributed by atoms with Crippen LogP contribution >= 0.6 is 0 Å². The first-order valence-corrected chi connectivity index (χ1v) is 10.3. The van der Waals surface area contributed by atoms with Crippen molar-refractivity contribution in [1.29, 1.82) is 0 Å². The van der Waals surface area contributed by atoms with Gasteiger partial charge in [-0.15, -0.1) is 4.99 Å². The minimum absolute atomic E-state index is 0.106. The molecule has 0 radical (unpaired) electrons. The molecule has 0 saturated carbocycles. The smallest absolute Gasteiger partial charge is 0.437 e. The molecule has 0 bridgehead atoms. The number of anilines is 1. The minimum Gasteiger partial charge on any atom is -0.443 e. The summed E-state index contributed by atoms with van der Waals surface area (Å²) in [5.41, 5.74) is 13.0. The van der Waals surface area contributed by atoms with Gasteiger partial charge in [0.2, 0.25) is 0 Å². The molecule has 10 heteroatoms. The van der Waals surface area contributed by atoms with Crippen LogP contribution in [0.3, 0.4) is 0 Å². The third kappa shape index (κ3) is 5.14. The first-order chi connectivity index (χ1) is 15.5. The molecule has 0 aliphatic carbocycles. The number of amides is 1. The standard InChI is InChI=1S/C22H25FN6O3/c23-20-16(14-32-22(30)27-21(24)25)2-1-3-18(20)28-9-5-17(6-10-28)31-13-15-4-8-29-11-7-26-19(29)12-15/h1-4,7-8,11-12,17H,5-6,9-10,13-14H2,(H4,24,25,27,30). The molecule has 1 aromatic carbocycles. The number of carbonyl (C=O) groups is 1. The number of hydrogen-bond acceptors (Lipinski definition) is 5. The average molecular weight is 440 g/mol. The summed E-state index contributed by atoms with van der Waals surface area (Å²) >= 11 is 0. The summed E-state index contributed by atoms with van der Waals surface area (Å²) in [6.07, 6.45) is 6.35. The third-order valence-corrected chi connectivity index (χ3v) is 5.36. The molecule has 32 heavy (non-hydrogen) atoms. The van der Waals surface area contributed by atoms with Crippen LogP contribution in [0.4, 0.5) is 14.9 Å². The molecule has 1 aliphatic rings. The predicted octanol–water partition coefficient (Wildman–Crippen LogP) is 2.57. The van der Waals surface area contributed by atoms with E-state index in [-0.39, 0.29) is 18.3 Å². The number of nitrogens with zero attached hydrogens (tertiary/aromatic N) is 4. The molecule has 4 rings (SSSR count). The van der Waals surface area contributed by atoms with Crippen LogP contribution in [0.15, 0.2) is 53.9 Å². The second kappa shape index (κ2) is 9.65. The van der Waals surface area contributed by atoms with Crippen LogP contribution < -0.4 is 16.4 Å². The maximum atomic E-state index is 15.0. The van der Waals surface area contributed by atoms with Gasteiger partial charge in [-0.3, -0.25) is 0 Å². The molecule has 0 unspecified atom stereocenters. The lowest BCUT2D eigenvalue weighted by molar-refractivity contribution is 0.0250. The average Bonchev–Trinajstić information content (AvgIpc) is 3.25. The van der Waals surface area contributed by atoms with E-state index in [1.54, 1.807) is 24.4 Å². The van der Waals surface area contributed by atoms with Crippen molar-refractivity contribution in [3.63, 3.8) is 0 Å². The summed E-state index contributed by atoms with van der Waals surface area (Å²) < 4.78 is 27.9. The molecule has 2 aromatic heterocycles. The van der Waals surface area contributed by atoms with Crippen molar-refractivity contribution in [3.05, 3.63) is 65.9 Å². The second-order valence-corrected chi connectivity index (χ2v) is 7.57. The van der Waals surface area contributed by atoms with Crippen LogP contribution in [0.2, 0.25) is 0 Å². The Kier molecular flexibility index (Phi) is 6.50. The number of guanidine groups is 1. The molecule has 1 saturated heterocycles. The number of pyridine rings is 1. The van der Waals surface area contributed by atoms with Crippen molar-refractivity contribution >= 4 is 23.4 Å². The lowest BCUT2D eigenvalue weighted by Crippen LogP contribution is -2.37. The number of hydrogen-bond donors (Lipinski definition) is 2. The highest BCUT2D eigenvalue weighted by Gasteiger charge is 2.23. The van der Waals surface area contributed by atoms with Crippen molar-refractivity contribution < 1.29 is 18.7 Å². The first kappa shape index (κ1) is 21.6. The van der Waals surface area contributed by atoms with E-state index in [0.717, 1.165) is 24.1 Å². The van der Waals surface area contributed by atoms with Crippen LogP contribution in [-0.2, 0) is 22.7 Å². The lowest BCUT2D eigenvalue weighted by Gasteiger charge is -2.34. The topological polar surface area (TPSA) is 120 Å². The molecular formula is C22H25FN6O3. The Hall–Kier alpha value is -3.66. The molecule has 1 amide bonds. The minimum atomic E-state index is -0.959. The van der Waals surface area contributed by atoms with E-state index >= 15 is 0 Å². The van der Waals surface area contributed by atoms with Crippen LogP contribution in [0.25, 0.3) is 5.65 Å². The fourth-order valence-corrected chi connectivity index (χ4v) is 3.72. The van der Waals surface area contributed by atoms with Crippen molar-refractivity contribution in [2.45, 2.75) is 32.2 Å². The van der Waals surface area contributed by atoms with Crippen molar-refractivity contribution in [2.75, 3.05) is 18.0 Å². The zero-order valence-electron chi connectivity index (χ0n) is 17.5.